The number of hydrogen-bond donors (Lipinski definition) is 1. The van der Waals surface area contributed by atoms with Crippen LogP contribution in [-0.4, -0.2) is 20.1 Å². The average Bonchev–Trinajstić information content (AvgIpc) is 2.88. The van der Waals surface area contributed by atoms with Crippen molar-refractivity contribution in [3.63, 3.8) is 0 Å². The van der Waals surface area contributed by atoms with Gasteiger partial charge in [-0.05, 0) is 31.0 Å². The van der Waals surface area contributed by atoms with Gasteiger partial charge >= 0.3 is 0 Å². The summed E-state index contributed by atoms with van der Waals surface area (Å²) >= 11 is 0. The van der Waals surface area contributed by atoms with Crippen molar-refractivity contribution < 1.29 is 4.52 Å². The van der Waals surface area contributed by atoms with Crippen molar-refractivity contribution in [1.82, 2.24) is 20.1 Å². The van der Waals surface area contributed by atoms with Crippen LogP contribution in [0.15, 0.2) is 35.2 Å². The maximum atomic E-state index is 5.69. The van der Waals surface area contributed by atoms with Crippen LogP contribution in [-0.2, 0) is 0 Å². The number of nitrogens with zero attached hydrogens (tertiary/aromatic N) is 4. The second kappa shape index (κ2) is 4.73. The molecule has 0 saturated heterocycles. The van der Waals surface area contributed by atoms with Gasteiger partial charge in [-0.2, -0.15) is 4.98 Å². The summed E-state index contributed by atoms with van der Waals surface area (Å²) in [6, 6.07) is 3.76. The van der Waals surface area contributed by atoms with Crippen molar-refractivity contribution in [2.75, 3.05) is 5.73 Å². The van der Waals surface area contributed by atoms with Crippen molar-refractivity contribution in [3.8, 4) is 23.0 Å². The number of anilines is 1. The first kappa shape index (κ1) is 12.3. The minimum Gasteiger partial charge on any atom is -0.397 e. The van der Waals surface area contributed by atoms with Crippen molar-refractivity contribution in [1.29, 1.82) is 0 Å². The standard InChI is InChI=1S/C14H13N5O/c1-8-3-9(2)12(17-5-8)13-18-14(20-19-13)10-4-11(15)7-16-6-10/h3-7H,15H2,1-2H3. The maximum absolute atomic E-state index is 5.69. The van der Waals surface area contributed by atoms with Gasteiger partial charge in [0, 0.05) is 18.6 Å². The number of aromatic nitrogens is 4. The number of aryl methyl sites for hydroxylation is 2. The number of pyridine rings is 2. The Morgan fingerprint density at radius 3 is 2.70 bits per heavy atom. The van der Waals surface area contributed by atoms with Gasteiger partial charge in [0.1, 0.15) is 5.69 Å². The zero-order chi connectivity index (χ0) is 14.1. The number of nitrogen functional groups attached to an aromatic ring is 1. The van der Waals surface area contributed by atoms with Gasteiger partial charge in [0.25, 0.3) is 5.89 Å². The first-order valence-electron chi connectivity index (χ1n) is 6.12. The second-order valence-corrected chi connectivity index (χ2v) is 4.61. The topological polar surface area (TPSA) is 90.7 Å². The lowest BCUT2D eigenvalue weighted by molar-refractivity contribution is 0.432. The quantitative estimate of drug-likeness (QED) is 0.766. The van der Waals surface area contributed by atoms with Gasteiger partial charge in [-0.15, -0.1) is 0 Å². The fourth-order valence-corrected chi connectivity index (χ4v) is 1.96. The van der Waals surface area contributed by atoms with E-state index in [1.54, 1.807) is 24.7 Å². The van der Waals surface area contributed by atoms with Crippen LogP contribution in [0.25, 0.3) is 23.0 Å². The SMILES string of the molecule is Cc1cnc(-c2noc(-c3cncc(N)c3)n2)c(C)c1. The van der Waals surface area contributed by atoms with E-state index in [0.29, 0.717) is 28.7 Å². The zero-order valence-corrected chi connectivity index (χ0v) is 11.2. The molecule has 0 aliphatic rings. The highest BCUT2D eigenvalue weighted by molar-refractivity contribution is 5.61. The lowest BCUT2D eigenvalue weighted by atomic mass is 10.1. The lowest BCUT2D eigenvalue weighted by Gasteiger charge is -2.00. The van der Waals surface area contributed by atoms with E-state index in [-0.39, 0.29) is 0 Å². The van der Waals surface area contributed by atoms with Gasteiger partial charge in [0.15, 0.2) is 0 Å². The smallest absolute Gasteiger partial charge is 0.259 e. The van der Waals surface area contributed by atoms with Crippen molar-refractivity contribution in [2.24, 2.45) is 0 Å². The molecular formula is C14H13N5O. The molecule has 0 radical (unpaired) electrons. The van der Waals surface area contributed by atoms with Crippen LogP contribution in [0.4, 0.5) is 5.69 Å². The predicted molar refractivity (Wildman–Crippen MR) is 74.6 cm³/mol. The summed E-state index contributed by atoms with van der Waals surface area (Å²) in [6.45, 7) is 3.96. The summed E-state index contributed by atoms with van der Waals surface area (Å²) in [4.78, 5) is 12.7. The van der Waals surface area contributed by atoms with E-state index in [2.05, 4.69) is 20.1 Å². The molecule has 0 bridgehead atoms. The Balaban J connectivity index is 2.02. The van der Waals surface area contributed by atoms with Gasteiger partial charge in [0.05, 0.1) is 11.3 Å². The van der Waals surface area contributed by atoms with Crippen LogP contribution < -0.4 is 5.73 Å². The number of hydrogen-bond acceptors (Lipinski definition) is 6. The van der Waals surface area contributed by atoms with Crippen LogP contribution in [0.5, 0.6) is 0 Å². The molecule has 0 unspecified atom stereocenters. The minimum atomic E-state index is 0.376. The van der Waals surface area contributed by atoms with E-state index in [1.807, 2.05) is 19.9 Å². The monoisotopic (exact) mass is 267 g/mol. The molecular weight excluding hydrogens is 254 g/mol. The molecule has 0 atom stereocenters. The maximum Gasteiger partial charge on any atom is 0.259 e. The van der Waals surface area contributed by atoms with E-state index < -0.39 is 0 Å². The molecule has 0 saturated carbocycles. The largest absolute Gasteiger partial charge is 0.397 e. The highest BCUT2D eigenvalue weighted by Gasteiger charge is 2.14. The van der Waals surface area contributed by atoms with E-state index in [4.69, 9.17) is 10.3 Å². The molecule has 20 heavy (non-hydrogen) atoms. The van der Waals surface area contributed by atoms with Crippen LogP contribution >= 0.6 is 0 Å². The van der Waals surface area contributed by atoms with Gasteiger partial charge < -0.3 is 10.3 Å². The van der Waals surface area contributed by atoms with Crippen molar-refractivity contribution in [3.05, 3.63) is 41.9 Å². The fourth-order valence-electron chi connectivity index (χ4n) is 1.96. The highest BCUT2D eigenvalue weighted by Crippen LogP contribution is 2.23. The van der Waals surface area contributed by atoms with E-state index >= 15 is 0 Å². The third kappa shape index (κ3) is 2.23. The molecule has 0 aliphatic heterocycles. The Morgan fingerprint density at radius 1 is 1.10 bits per heavy atom. The van der Waals surface area contributed by atoms with Crippen LogP contribution in [0.3, 0.4) is 0 Å². The van der Waals surface area contributed by atoms with E-state index in [9.17, 15) is 0 Å². The lowest BCUT2D eigenvalue weighted by Crippen LogP contribution is -1.91. The van der Waals surface area contributed by atoms with Gasteiger partial charge in [0.2, 0.25) is 5.82 Å². The molecule has 2 N–H and O–H groups in total. The Morgan fingerprint density at radius 2 is 1.95 bits per heavy atom. The summed E-state index contributed by atoms with van der Waals surface area (Å²) in [5, 5.41) is 3.97. The van der Waals surface area contributed by atoms with Gasteiger partial charge in [-0.25, -0.2) is 0 Å². The summed E-state index contributed by atoms with van der Waals surface area (Å²) in [6.07, 6.45) is 4.97. The Bertz CT molecular complexity index is 766. The predicted octanol–water partition coefficient (Wildman–Crippen LogP) is 2.39. The third-order valence-electron chi connectivity index (χ3n) is 2.86. The first-order chi connectivity index (χ1) is 9.63. The molecule has 3 rings (SSSR count). The molecule has 0 aromatic carbocycles. The van der Waals surface area contributed by atoms with Crippen molar-refractivity contribution >= 4 is 5.69 Å². The molecule has 0 amide bonds. The first-order valence-corrected chi connectivity index (χ1v) is 6.12. The van der Waals surface area contributed by atoms with E-state index in [0.717, 1.165) is 11.1 Å². The molecule has 3 aromatic heterocycles. The van der Waals surface area contributed by atoms with Crippen LogP contribution in [0, 0.1) is 13.8 Å². The van der Waals surface area contributed by atoms with Crippen molar-refractivity contribution in [2.45, 2.75) is 13.8 Å². The third-order valence-corrected chi connectivity index (χ3v) is 2.86. The Labute approximate surface area is 115 Å². The summed E-state index contributed by atoms with van der Waals surface area (Å²) < 4.78 is 5.25. The van der Waals surface area contributed by atoms with Crippen LogP contribution in [0.2, 0.25) is 0 Å². The molecule has 6 nitrogen and oxygen atoms in total. The average molecular weight is 267 g/mol. The van der Waals surface area contributed by atoms with Gasteiger partial charge in [-0.3, -0.25) is 9.97 Å². The molecule has 0 fully saturated rings. The molecule has 0 aliphatic carbocycles. The Kier molecular flexibility index (Phi) is 2.90. The number of rotatable bonds is 2. The molecule has 6 heteroatoms. The highest BCUT2D eigenvalue weighted by atomic mass is 16.5. The second-order valence-electron chi connectivity index (χ2n) is 4.61. The molecule has 3 heterocycles. The molecule has 0 spiro atoms. The summed E-state index contributed by atoms with van der Waals surface area (Å²) in [5.74, 6) is 0.835. The summed E-state index contributed by atoms with van der Waals surface area (Å²) in [5.41, 5.74) is 9.73. The van der Waals surface area contributed by atoms with Gasteiger partial charge in [-0.1, -0.05) is 11.2 Å². The Hall–Kier alpha value is -2.76. The molecule has 3 aromatic rings. The zero-order valence-electron chi connectivity index (χ0n) is 11.2. The summed E-state index contributed by atoms with van der Waals surface area (Å²) in [7, 11) is 0. The molecule has 100 valence electrons. The number of nitrogens with two attached hydrogens (primary N) is 1. The fraction of sp³-hybridized carbons (Fsp3) is 0.143. The normalized spacial score (nSPS) is 10.7. The minimum absolute atomic E-state index is 0.376. The van der Waals surface area contributed by atoms with Crippen LogP contribution in [0.1, 0.15) is 11.1 Å². The van der Waals surface area contributed by atoms with E-state index in [1.165, 1.54) is 0 Å².